The second-order valence-corrected chi connectivity index (χ2v) is 11.1. The molecule has 1 aromatic heterocycles. The molecule has 1 N–H and O–H groups in total. The molecule has 1 aromatic carbocycles. The van der Waals surface area contributed by atoms with Crippen LogP contribution in [0.1, 0.15) is 65.1 Å². The Morgan fingerprint density at radius 1 is 1.09 bits per heavy atom. The van der Waals surface area contributed by atoms with Crippen molar-refractivity contribution < 1.29 is 32.3 Å². The largest absolute Gasteiger partial charge is 0.462 e. The van der Waals surface area contributed by atoms with E-state index in [9.17, 15) is 22.8 Å². The van der Waals surface area contributed by atoms with Gasteiger partial charge in [0.25, 0.3) is 5.91 Å². The van der Waals surface area contributed by atoms with E-state index in [1.54, 1.807) is 13.0 Å². The van der Waals surface area contributed by atoms with Gasteiger partial charge < -0.3 is 14.8 Å². The number of carbonyl (C=O) groups excluding carboxylic acids is 3. The van der Waals surface area contributed by atoms with Crippen LogP contribution in [0.3, 0.4) is 0 Å². The van der Waals surface area contributed by atoms with E-state index < -0.39 is 34.5 Å². The molecule has 1 aliphatic rings. The summed E-state index contributed by atoms with van der Waals surface area (Å²) in [6.45, 7) is 6.12. The van der Waals surface area contributed by atoms with Crippen LogP contribution in [0.25, 0.3) is 0 Å². The number of rotatable bonds is 9. The molecule has 0 spiro atoms. The summed E-state index contributed by atoms with van der Waals surface area (Å²) in [6.07, 6.45) is 1.60. The maximum Gasteiger partial charge on any atom is 0.341 e. The van der Waals surface area contributed by atoms with Crippen molar-refractivity contribution in [2.24, 2.45) is 0 Å². The zero-order valence-corrected chi connectivity index (χ0v) is 21.0. The zero-order valence-electron chi connectivity index (χ0n) is 19.3. The van der Waals surface area contributed by atoms with E-state index in [1.807, 2.05) is 13.8 Å². The van der Waals surface area contributed by atoms with Crippen LogP contribution in [0.2, 0.25) is 0 Å². The summed E-state index contributed by atoms with van der Waals surface area (Å²) in [5.74, 6) is -1.86. The van der Waals surface area contributed by atoms with Crippen LogP contribution < -0.4 is 5.32 Å². The molecule has 2 aromatic rings. The van der Waals surface area contributed by atoms with Gasteiger partial charge in [0.05, 0.1) is 22.6 Å². The molecule has 1 amide bonds. The number of hydrogen-bond acceptors (Lipinski definition) is 8. The van der Waals surface area contributed by atoms with Crippen LogP contribution >= 0.6 is 11.3 Å². The molecule has 34 heavy (non-hydrogen) atoms. The molecular formula is C23H28N2O7S2. The first kappa shape index (κ1) is 25.9. The van der Waals surface area contributed by atoms with Crippen molar-refractivity contribution in [1.29, 1.82) is 0 Å². The number of hydrogen-bond donors (Lipinski definition) is 1. The summed E-state index contributed by atoms with van der Waals surface area (Å²) in [5, 5.41) is 2.92. The molecule has 0 radical (unpaired) electrons. The molecule has 0 bridgehead atoms. The highest BCUT2D eigenvalue weighted by molar-refractivity contribution is 7.89. The highest BCUT2D eigenvalue weighted by Gasteiger charge is 2.28. The van der Waals surface area contributed by atoms with Gasteiger partial charge in [0.2, 0.25) is 10.0 Å². The molecule has 0 atom stereocenters. The molecule has 0 saturated carbocycles. The standard InChI is InChI=1S/C23H28N2O7S2/c1-4-31-23(28)18-13-19(15(2)3)33-21(18)24-20(26)14-32-22(27)16-8-7-9-17(12-16)34(29,30)25-10-5-6-11-25/h7-9,12-13,15H,4-6,10-11,14H2,1-3H3,(H,24,26). The zero-order chi connectivity index (χ0) is 24.9. The molecular weight excluding hydrogens is 480 g/mol. The number of nitrogens with one attached hydrogen (secondary N) is 1. The summed E-state index contributed by atoms with van der Waals surface area (Å²) < 4.78 is 37.0. The molecule has 2 heterocycles. The lowest BCUT2D eigenvalue weighted by molar-refractivity contribution is -0.119. The van der Waals surface area contributed by atoms with Crippen molar-refractivity contribution in [1.82, 2.24) is 4.31 Å². The molecule has 184 valence electrons. The Morgan fingerprint density at radius 2 is 1.79 bits per heavy atom. The van der Waals surface area contributed by atoms with Gasteiger partial charge in [0.15, 0.2) is 6.61 Å². The third kappa shape index (κ3) is 6.02. The summed E-state index contributed by atoms with van der Waals surface area (Å²) >= 11 is 1.25. The van der Waals surface area contributed by atoms with Crippen molar-refractivity contribution >= 4 is 44.2 Å². The number of nitrogens with zero attached hydrogens (tertiary/aromatic N) is 1. The van der Waals surface area contributed by atoms with Gasteiger partial charge >= 0.3 is 11.9 Å². The number of ether oxygens (including phenoxy) is 2. The fourth-order valence-corrected chi connectivity index (χ4v) is 6.01. The minimum Gasteiger partial charge on any atom is -0.462 e. The van der Waals surface area contributed by atoms with Gasteiger partial charge in [0.1, 0.15) is 5.00 Å². The minimum atomic E-state index is -3.69. The van der Waals surface area contributed by atoms with E-state index in [2.05, 4.69) is 5.32 Å². The van der Waals surface area contributed by atoms with Crippen LogP contribution in [0.15, 0.2) is 35.2 Å². The summed E-state index contributed by atoms with van der Waals surface area (Å²) in [4.78, 5) is 38.0. The Balaban J connectivity index is 1.66. The number of carbonyl (C=O) groups is 3. The Bertz CT molecular complexity index is 1170. The highest BCUT2D eigenvalue weighted by Crippen LogP contribution is 2.33. The smallest absolute Gasteiger partial charge is 0.341 e. The molecule has 1 aliphatic heterocycles. The highest BCUT2D eigenvalue weighted by atomic mass is 32.2. The van der Waals surface area contributed by atoms with E-state index in [0.29, 0.717) is 18.1 Å². The average Bonchev–Trinajstić information content (AvgIpc) is 3.49. The molecule has 0 aliphatic carbocycles. The lowest BCUT2D eigenvalue weighted by Gasteiger charge is -2.15. The molecule has 1 saturated heterocycles. The van der Waals surface area contributed by atoms with Gasteiger partial charge in [-0.3, -0.25) is 4.79 Å². The van der Waals surface area contributed by atoms with Crippen LogP contribution in [0, 0.1) is 0 Å². The maximum atomic E-state index is 12.7. The normalized spacial score (nSPS) is 14.2. The Morgan fingerprint density at radius 3 is 2.44 bits per heavy atom. The molecule has 9 nitrogen and oxygen atoms in total. The summed E-state index contributed by atoms with van der Waals surface area (Å²) in [7, 11) is -3.69. The number of amides is 1. The third-order valence-electron chi connectivity index (χ3n) is 5.18. The number of thiophene rings is 1. The van der Waals surface area contributed by atoms with Crippen molar-refractivity contribution in [3.63, 3.8) is 0 Å². The van der Waals surface area contributed by atoms with E-state index in [4.69, 9.17) is 9.47 Å². The minimum absolute atomic E-state index is 0.00665. The van der Waals surface area contributed by atoms with E-state index in [1.165, 1.54) is 39.9 Å². The second kappa shape index (κ2) is 11.1. The quantitative estimate of drug-likeness (QED) is 0.514. The molecule has 1 fully saturated rings. The van der Waals surface area contributed by atoms with Crippen LogP contribution in [0.5, 0.6) is 0 Å². The monoisotopic (exact) mass is 508 g/mol. The third-order valence-corrected chi connectivity index (χ3v) is 8.42. The van der Waals surface area contributed by atoms with Crippen molar-refractivity contribution in [2.75, 3.05) is 31.6 Å². The first-order chi connectivity index (χ1) is 16.1. The predicted molar refractivity (Wildman–Crippen MR) is 128 cm³/mol. The second-order valence-electron chi connectivity index (χ2n) is 8.03. The van der Waals surface area contributed by atoms with E-state index in [0.717, 1.165) is 17.7 Å². The van der Waals surface area contributed by atoms with Crippen molar-refractivity contribution in [3.05, 3.63) is 46.3 Å². The first-order valence-electron chi connectivity index (χ1n) is 11.0. The van der Waals surface area contributed by atoms with E-state index >= 15 is 0 Å². The van der Waals surface area contributed by atoms with Gasteiger partial charge in [0, 0.05) is 18.0 Å². The summed E-state index contributed by atoms with van der Waals surface area (Å²) in [6, 6.07) is 7.25. The van der Waals surface area contributed by atoms with Gasteiger partial charge in [-0.25, -0.2) is 18.0 Å². The number of sulfonamides is 1. The van der Waals surface area contributed by atoms with Crippen LogP contribution in [0.4, 0.5) is 5.00 Å². The van der Waals surface area contributed by atoms with Gasteiger partial charge in [-0.1, -0.05) is 19.9 Å². The first-order valence-corrected chi connectivity index (χ1v) is 13.3. The number of anilines is 1. The van der Waals surface area contributed by atoms with Crippen molar-refractivity contribution in [3.8, 4) is 0 Å². The topological polar surface area (TPSA) is 119 Å². The molecule has 0 unspecified atom stereocenters. The maximum absolute atomic E-state index is 12.7. The predicted octanol–water partition coefficient (Wildman–Crippen LogP) is 3.63. The van der Waals surface area contributed by atoms with Gasteiger partial charge in [-0.15, -0.1) is 11.3 Å². The number of esters is 2. The lowest BCUT2D eigenvalue weighted by atomic mass is 10.1. The molecule has 11 heteroatoms. The van der Waals surface area contributed by atoms with Crippen LogP contribution in [-0.2, 0) is 24.3 Å². The van der Waals surface area contributed by atoms with Crippen LogP contribution in [-0.4, -0.2) is 56.9 Å². The summed E-state index contributed by atoms with van der Waals surface area (Å²) in [5.41, 5.74) is 0.272. The molecule has 3 rings (SSSR count). The average molecular weight is 509 g/mol. The lowest BCUT2D eigenvalue weighted by Crippen LogP contribution is -2.28. The Hall–Kier alpha value is -2.76. The van der Waals surface area contributed by atoms with Gasteiger partial charge in [-0.05, 0) is 49.9 Å². The SMILES string of the molecule is CCOC(=O)c1cc(C(C)C)sc1NC(=O)COC(=O)c1cccc(S(=O)(=O)N2CCCC2)c1. The Labute approximate surface area is 203 Å². The Kier molecular flexibility index (Phi) is 8.45. The van der Waals surface area contributed by atoms with Crippen molar-refractivity contribution in [2.45, 2.75) is 44.4 Å². The van der Waals surface area contributed by atoms with E-state index in [-0.39, 0.29) is 28.5 Å². The number of benzene rings is 1. The fraction of sp³-hybridized carbons (Fsp3) is 0.435. The van der Waals surface area contributed by atoms with Gasteiger partial charge in [-0.2, -0.15) is 4.31 Å². The fourth-order valence-electron chi connectivity index (χ4n) is 3.39.